The lowest BCUT2D eigenvalue weighted by Crippen LogP contribution is -2.41. The van der Waals surface area contributed by atoms with Crippen molar-refractivity contribution in [3.63, 3.8) is 0 Å². The molecule has 0 radical (unpaired) electrons. The predicted octanol–water partition coefficient (Wildman–Crippen LogP) is 1.75. The summed E-state index contributed by atoms with van der Waals surface area (Å²) < 4.78 is 21.5. The molecule has 0 aromatic carbocycles. The van der Waals surface area contributed by atoms with Crippen LogP contribution in [0.2, 0.25) is 13.6 Å². The van der Waals surface area contributed by atoms with E-state index in [0.29, 0.717) is 6.73 Å². The summed E-state index contributed by atoms with van der Waals surface area (Å²) in [5, 5.41) is 0. The van der Waals surface area contributed by atoms with Crippen LogP contribution >= 0.6 is 0 Å². The molecule has 2 aliphatic heterocycles. The van der Waals surface area contributed by atoms with Crippen molar-refractivity contribution in [2.75, 3.05) is 26.9 Å². The molecule has 0 aromatic rings. The minimum absolute atomic E-state index is 0.0325. The highest BCUT2D eigenvalue weighted by Crippen LogP contribution is 2.36. The first kappa shape index (κ1) is 17.0. The van der Waals surface area contributed by atoms with Gasteiger partial charge in [0.25, 0.3) is 0 Å². The summed E-state index contributed by atoms with van der Waals surface area (Å²) in [6.07, 6.45) is 0. The number of rotatable bonds is 0. The first-order valence-corrected chi connectivity index (χ1v) is 6.91. The van der Waals surface area contributed by atoms with Gasteiger partial charge in [-0.3, -0.25) is 4.90 Å². The molecule has 0 bridgehead atoms. The molecule has 0 N–H and O–H groups in total. The normalized spacial score (nSPS) is 26.7. The van der Waals surface area contributed by atoms with E-state index in [9.17, 15) is 0 Å². The highest BCUT2D eigenvalue weighted by Gasteiger charge is 2.48. The van der Waals surface area contributed by atoms with E-state index in [-0.39, 0.29) is 25.4 Å². The zero-order valence-electron chi connectivity index (χ0n) is 13.4. The van der Waals surface area contributed by atoms with Crippen molar-refractivity contribution in [2.45, 2.75) is 52.5 Å². The van der Waals surface area contributed by atoms with Crippen LogP contribution in [0.4, 0.5) is 0 Å². The molecule has 7 heteroatoms. The van der Waals surface area contributed by atoms with Gasteiger partial charge in [-0.15, -0.1) is 0 Å². The second-order valence-corrected chi connectivity index (χ2v) is 6.14. The van der Waals surface area contributed by atoms with Crippen molar-refractivity contribution < 1.29 is 18.6 Å². The Morgan fingerprint density at radius 2 is 1.42 bits per heavy atom. The zero-order chi connectivity index (χ0) is 14.7. The molecule has 0 atom stereocenters. The summed E-state index contributed by atoms with van der Waals surface area (Å²) in [4.78, 5) is 2.09. The summed E-state index contributed by atoms with van der Waals surface area (Å²) in [7, 11) is 1.92. The van der Waals surface area contributed by atoms with Crippen molar-refractivity contribution in [3.05, 3.63) is 0 Å². The van der Waals surface area contributed by atoms with Crippen LogP contribution in [0.3, 0.4) is 0 Å². The van der Waals surface area contributed by atoms with E-state index in [1.54, 1.807) is 0 Å². The molecule has 0 amide bonds. The van der Waals surface area contributed by atoms with Crippen LogP contribution in [0.25, 0.3) is 0 Å². The molecule has 2 fully saturated rings. The molecule has 2 saturated heterocycles. The molecule has 0 saturated carbocycles. The van der Waals surface area contributed by atoms with Crippen LogP contribution in [-0.4, -0.2) is 57.3 Å². The Morgan fingerprint density at radius 1 is 0.895 bits per heavy atom. The number of hydrogen-bond acceptors (Lipinski definition) is 5. The molecule has 2 rings (SSSR count). The Hall–Kier alpha value is -0.0701. The molecule has 19 heavy (non-hydrogen) atoms. The predicted molar refractivity (Wildman–Crippen MR) is 78.1 cm³/mol. The monoisotopic (exact) mass is 271 g/mol. The van der Waals surface area contributed by atoms with E-state index in [4.69, 9.17) is 18.6 Å². The SMILES string of the molecule is CB1OC(C)(C)C(C)(C)O1.CB1OCCN(C)CO1. The van der Waals surface area contributed by atoms with Gasteiger partial charge in [0.05, 0.1) is 17.9 Å². The van der Waals surface area contributed by atoms with Crippen molar-refractivity contribution >= 4 is 14.2 Å². The second-order valence-electron chi connectivity index (χ2n) is 6.14. The topological polar surface area (TPSA) is 40.2 Å². The quantitative estimate of drug-likeness (QED) is 0.628. The van der Waals surface area contributed by atoms with Crippen molar-refractivity contribution in [3.8, 4) is 0 Å². The minimum atomic E-state index is -0.160. The number of hydrogen-bond donors (Lipinski definition) is 0. The molecule has 0 spiro atoms. The van der Waals surface area contributed by atoms with E-state index >= 15 is 0 Å². The third-order valence-electron chi connectivity index (χ3n) is 3.73. The lowest BCUT2D eigenvalue weighted by atomic mass is 9.90. The van der Waals surface area contributed by atoms with Gasteiger partial charge in [-0.1, -0.05) is 0 Å². The standard InChI is InChI=1S/C7H15BO2.C5H12BNO2/c1-6(2)7(3,4)10-8(5)9-6;1-6-8-4-3-7(2)5-9-6/h1-5H3;3-5H2,1-2H3. The Balaban J connectivity index is 0.000000191. The number of nitrogens with zero attached hydrogens (tertiary/aromatic N) is 1. The molecule has 110 valence electrons. The van der Waals surface area contributed by atoms with Crippen LogP contribution in [0.5, 0.6) is 0 Å². The van der Waals surface area contributed by atoms with Gasteiger partial charge >= 0.3 is 14.2 Å². The zero-order valence-corrected chi connectivity index (χ0v) is 13.4. The fourth-order valence-electron chi connectivity index (χ4n) is 1.86. The van der Waals surface area contributed by atoms with Crippen LogP contribution < -0.4 is 0 Å². The Bertz CT molecular complexity index is 263. The van der Waals surface area contributed by atoms with Crippen LogP contribution in [0.1, 0.15) is 27.7 Å². The second kappa shape index (κ2) is 6.59. The summed E-state index contributed by atoms with van der Waals surface area (Å²) in [5.74, 6) is 0. The highest BCUT2D eigenvalue weighted by atomic mass is 16.7. The van der Waals surface area contributed by atoms with Gasteiger partial charge in [0.2, 0.25) is 0 Å². The van der Waals surface area contributed by atoms with Gasteiger partial charge in [0.15, 0.2) is 0 Å². The minimum Gasteiger partial charge on any atom is -0.410 e. The van der Waals surface area contributed by atoms with Crippen molar-refractivity contribution in [2.24, 2.45) is 0 Å². The van der Waals surface area contributed by atoms with E-state index in [1.807, 2.05) is 20.7 Å². The van der Waals surface area contributed by atoms with E-state index in [0.717, 1.165) is 13.2 Å². The van der Waals surface area contributed by atoms with Gasteiger partial charge in [-0.2, -0.15) is 0 Å². The molecule has 0 aromatic heterocycles. The Labute approximate surface area is 118 Å². The van der Waals surface area contributed by atoms with Crippen LogP contribution in [0, 0.1) is 0 Å². The third kappa shape index (κ3) is 5.08. The average Bonchev–Trinajstić information content (AvgIpc) is 2.39. The van der Waals surface area contributed by atoms with Gasteiger partial charge in [0, 0.05) is 13.2 Å². The maximum atomic E-state index is 5.54. The molecule has 5 nitrogen and oxygen atoms in total. The first-order chi connectivity index (χ1) is 8.64. The largest absolute Gasteiger partial charge is 0.454 e. The lowest BCUT2D eigenvalue weighted by Gasteiger charge is -2.32. The summed E-state index contributed by atoms with van der Waals surface area (Å²) in [6, 6.07) is 0. The van der Waals surface area contributed by atoms with Crippen LogP contribution in [-0.2, 0) is 18.6 Å². The van der Waals surface area contributed by atoms with Crippen molar-refractivity contribution in [1.82, 2.24) is 4.90 Å². The van der Waals surface area contributed by atoms with Gasteiger partial charge in [-0.05, 0) is 48.4 Å². The molecule has 0 unspecified atom stereocenters. The average molecular weight is 271 g/mol. The highest BCUT2D eigenvalue weighted by molar-refractivity contribution is 6.43. The summed E-state index contributed by atoms with van der Waals surface area (Å²) in [6.45, 7) is 14.5. The van der Waals surface area contributed by atoms with Gasteiger partial charge in [0.1, 0.15) is 0 Å². The van der Waals surface area contributed by atoms with Gasteiger partial charge < -0.3 is 18.6 Å². The summed E-state index contributed by atoms with van der Waals surface area (Å²) >= 11 is 0. The maximum Gasteiger partial charge on any atom is 0.454 e. The third-order valence-corrected chi connectivity index (χ3v) is 3.73. The molecular formula is C12H27B2NO4. The number of likely N-dealkylation sites (N-methyl/N-ethyl adjacent to an activating group) is 1. The molecular weight excluding hydrogens is 244 g/mol. The van der Waals surface area contributed by atoms with E-state index in [2.05, 4.69) is 32.6 Å². The Morgan fingerprint density at radius 3 is 1.84 bits per heavy atom. The van der Waals surface area contributed by atoms with Gasteiger partial charge in [-0.25, -0.2) is 0 Å². The summed E-state index contributed by atoms with van der Waals surface area (Å²) in [5.41, 5.74) is -0.321. The van der Waals surface area contributed by atoms with Crippen LogP contribution in [0.15, 0.2) is 0 Å². The van der Waals surface area contributed by atoms with E-state index in [1.165, 1.54) is 0 Å². The molecule has 2 aliphatic rings. The van der Waals surface area contributed by atoms with E-state index < -0.39 is 0 Å². The molecule has 2 heterocycles. The maximum absolute atomic E-state index is 5.54. The first-order valence-electron chi connectivity index (χ1n) is 6.91. The molecule has 0 aliphatic carbocycles. The lowest BCUT2D eigenvalue weighted by molar-refractivity contribution is 0.00578. The van der Waals surface area contributed by atoms with Crippen molar-refractivity contribution in [1.29, 1.82) is 0 Å². The Kier molecular flexibility index (Phi) is 5.89. The smallest absolute Gasteiger partial charge is 0.410 e. The fraction of sp³-hybridized carbons (Fsp3) is 1.00. The fourth-order valence-corrected chi connectivity index (χ4v) is 1.86.